The minimum Gasteiger partial charge on any atom is -0.382 e. The maximum Gasteiger partial charge on any atom is 0.253 e. The number of nitrogens with one attached hydrogen (secondary N) is 1. The molecule has 1 aromatic rings. The predicted octanol–water partition coefficient (Wildman–Crippen LogP) is 1.26. The number of carbonyl (C=O) groups is 1. The monoisotopic (exact) mass is 237 g/mol. The topological polar surface area (TPSA) is 58.6 Å². The molecule has 0 bridgehead atoms. The van der Waals surface area contributed by atoms with Crippen molar-refractivity contribution in [1.82, 2.24) is 5.32 Å². The highest BCUT2D eigenvalue weighted by Gasteiger charge is 2.16. The molecule has 0 radical (unpaired) electrons. The second-order valence-corrected chi connectivity index (χ2v) is 3.94. The largest absolute Gasteiger partial charge is 0.382 e. The molecule has 0 aliphatic rings. The summed E-state index contributed by atoms with van der Waals surface area (Å²) in [5, 5.41) is 12.4. The predicted molar refractivity (Wildman–Crippen MR) is 65.5 cm³/mol. The van der Waals surface area contributed by atoms with Crippen molar-refractivity contribution >= 4 is 5.91 Å². The third kappa shape index (κ3) is 4.54. The van der Waals surface area contributed by atoms with Gasteiger partial charge in [-0.25, -0.2) is 0 Å². The number of hydrogen-bond donors (Lipinski definition) is 2. The van der Waals surface area contributed by atoms with Crippen molar-refractivity contribution in [1.29, 1.82) is 0 Å². The first kappa shape index (κ1) is 13.7. The molecular formula is C13H19NO3. The fraction of sp³-hybridized carbons (Fsp3) is 0.462. The van der Waals surface area contributed by atoms with Crippen molar-refractivity contribution < 1.29 is 14.6 Å². The molecule has 17 heavy (non-hydrogen) atoms. The molecule has 0 fully saturated rings. The smallest absolute Gasteiger partial charge is 0.253 e. The van der Waals surface area contributed by atoms with Gasteiger partial charge in [-0.15, -0.1) is 0 Å². The summed E-state index contributed by atoms with van der Waals surface area (Å²) in [5.74, 6) is -0.375. The van der Waals surface area contributed by atoms with Crippen molar-refractivity contribution in [2.45, 2.75) is 25.6 Å². The SMILES string of the molecule is CO[C@H](C)CCNC(=O)[C@@H](O)c1ccccc1. The van der Waals surface area contributed by atoms with E-state index in [-0.39, 0.29) is 12.0 Å². The Balaban J connectivity index is 2.38. The van der Waals surface area contributed by atoms with E-state index in [0.717, 1.165) is 6.42 Å². The van der Waals surface area contributed by atoms with Gasteiger partial charge >= 0.3 is 0 Å². The maximum atomic E-state index is 11.6. The number of ether oxygens (including phenoxy) is 1. The molecule has 0 aromatic heterocycles. The van der Waals surface area contributed by atoms with Gasteiger partial charge in [-0.05, 0) is 18.9 Å². The van der Waals surface area contributed by atoms with Crippen molar-refractivity contribution in [2.75, 3.05) is 13.7 Å². The van der Waals surface area contributed by atoms with Gasteiger partial charge in [-0.1, -0.05) is 30.3 Å². The first-order valence-corrected chi connectivity index (χ1v) is 5.68. The lowest BCUT2D eigenvalue weighted by atomic mass is 10.1. The second-order valence-electron chi connectivity index (χ2n) is 3.94. The summed E-state index contributed by atoms with van der Waals surface area (Å²) in [5.41, 5.74) is 0.602. The minimum absolute atomic E-state index is 0.101. The molecule has 0 aliphatic heterocycles. The zero-order valence-electron chi connectivity index (χ0n) is 10.2. The van der Waals surface area contributed by atoms with Gasteiger partial charge in [0.1, 0.15) is 0 Å². The molecule has 0 saturated carbocycles. The summed E-state index contributed by atoms with van der Waals surface area (Å²) < 4.78 is 5.06. The van der Waals surface area contributed by atoms with Crippen molar-refractivity contribution in [3.8, 4) is 0 Å². The summed E-state index contributed by atoms with van der Waals surface area (Å²) in [6, 6.07) is 8.87. The highest BCUT2D eigenvalue weighted by Crippen LogP contribution is 2.11. The number of aliphatic hydroxyl groups excluding tert-OH is 1. The highest BCUT2D eigenvalue weighted by molar-refractivity contribution is 5.81. The Bertz CT molecular complexity index is 340. The Morgan fingerprint density at radius 2 is 2.06 bits per heavy atom. The van der Waals surface area contributed by atoms with Gasteiger partial charge < -0.3 is 15.2 Å². The van der Waals surface area contributed by atoms with Crippen LogP contribution >= 0.6 is 0 Å². The van der Waals surface area contributed by atoms with Crippen LogP contribution in [0.25, 0.3) is 0 Å². The second kappa shape index (κ2) is 7.04. The summed E-state index contributed by atoms with van der Waals surface area (Å²) in [6.45, 7) is 2.43. The maximum absolute atomic E-state index is 11.6. The Morgan fingerprint density at radius 1 is 1.41 bits per heavy atom. The molecule has 1 aromatic carbocycles. The molecule has 94 valence electrons. The van der Waals surface area contributed by atoms with Gasteiger partial charge in [-0.3, -0.25) is 4.79 Å². The third-order valence-corrected chi connectivity index (χ3v) is 2.62. The normalized spacial score (nSPS) is 14.1. The molecule has 0 unspecified atom stereocenters. The Labute approximate surface area is 102 Å². The average Bonchev–Trinajstić information content (AvgIpc) is 2.38. The molecule has 2 N–H and O–H groups in total. The fourth-order valence-electron chi connectivity index (χ4n) is 1.40. The van der Waals surface area contributed by atoms with Crippen LogP contribution in [0.4, 0.5) is 0 Å². The lowest BCUT2D eigenvalue weighted by Crippen LogP contribution is -2.31. The number of amides is 1. The summed E-state index contributed by atoms with van der Waals surface area (Å²) >= 11 is 0. The number of benzene rings is 1. The lowest BCUT2D eigenvalue weighted by Gasteiger charge is -2.13. The van der Waals surface area contributed by atoms with E-state index in [4.69, 9.17) is 4.74 Å². The van der Waals surface area contributed by atoms with Crippen LogP contribution in [0.15, 0.2) is 30.3 Å². The summed E-state index contributed by atoms with van der Waals surface area (Å²) in [7, 11) is 1.63. The van der Waals surface area contributed by atoms with E-state index >= 15 is 0 Å². The van der Waals surface area contributed by atoms with E-state index < -0.39 is 6.10 Å². The van der Waals surface area contributed by atoms with Crippen LogP contribution in [-0.2, 0) is 9.53 Å². The lowest BCUT2D eigenvalue weighted by molar-refractivity contribution is -0.129. The van der Waals surface area contributed by atoms with Crippen LogP contribution in [0.5, 0.6) is 0 Å². The van der Waals surface area contributed by atoms with E-state index in [1.165, 1.54) is 0 Å². The fourth-order valence-corrected chi connectivity index (χ4v) is 1.40. The van der Waals surface area contributed by atoms with Gasteiger partial charge in [-0.2, -0.15) is 0 Å². The molecular weight excluding hydrogens is 218 g/mol. The molecule has 0 aliphatic carbocycles. The number of rotatable bonds is 6. The molecule has 2 atom stereocenters. The Morgan fingerprint density at radius 3 is 2.65 bits per heavy atom. The van der Waals surface area contributed by atoms with E-state index in [9.17, 15) is 9.90 Å². The Hall–Kier alpha value is -1.39. The van der Waals surface area contributed by atoms with E-state index in [0.29, 0.717) is 12.1 Å². The van der Waals surface area contributed by atoms with Crippen molar-refractivity contribution in [3.05, 3.63) is 35.9 Å². The molecule has 0 saturated heterocycles. The standard InChI is InChI=1S/C13H19NO3/c1-10(17-2)8-9-14-13(16)12(15)11-6-4-3-5-7-11/h3-7,10,12,15H,8-9H2,1-2H3,(H,14,16)/t10-,12+/m1/s1. The molecule has 4 nitrogen and oxygen atoms in total. The third-order valence-electron chi connectivity index (χ3n) is 2.62. The molecule has 1 amide bonds. The summed E-state index contributed by atoms with van der Waals surface area (Å²) in [4.78, 5) is 11.6. The first-order valence-electron chi connectivity index (χ1n) is 5.68. The van der Waals surface area contributed by atoms with Crippen LogP contribution in [-0.4, -0.2) is 30.8 Å². The van der Waals surface area contributed by atoms with Crippen LogP contribution in [0, 0.1) is 0 Å². The van der Waals surface area contributed by atoms with Crippen LogP contribution < -0.4 is 5.32 Å². The van der Waals surface area contributed by atoms with Gasteiger partial charge in [0.2, 0.25) is 0 Å². The number of aliphatic hydroxyl groups is 1. The zero-order chi connectivity index (χ0) is 12.7. The molecule has 0 spiro atoms. The molecule has 1 rings (SSSR count). The molecule has 4 heteroatoms. The van der Waals surface area contributed by atoms with Crippen LogP contribution in [0.1, 0.15) is 25.0 Å². The van der Waals surface area contributed by atoms with E-state index in [2.05, 4.69) is 5.32 Å². The van der Waals surface area contributed by atoms with E-state index in [1.807, 2.05) is 13.0 Å². The zero-order valence-corrected chi connectivity index (χ0v) is 10.2. The number of carbonyl (C=O) groups excluding carboxylic acids is 1. The van der Waals surface area contributed by atoms with Crippen molar-refractivity contribution in [2.24, 2.45) is 0 Å². The van der Waals surface area contributed by atoms with E-state index in [1.54, 1.807) is 31.4 Å². The van der Waals surface area contributed by atoms with Crippen LogP contribution in [0.2, 0.25) is 0 Å². The Kier molecular flexibility index (Phi) is 5.66. The summed E-state index contributed by atoms with van der Waals surface area (Å²) in [6.07, 6.45) is -0.276. The van der Waals surface area contributed by atoms with Crippen LogP contribution in [0.3, 0.4) is 0 Å². The van der Waals surface area contributed by atoms with Gasteiger partial charge in [0, 0.05) is 13.7 Å². The van der Waals surface area contributed by atoms with Gasteiger partial charge in [0.25, 0.3) is 5.91 Å². The minimum atomic E-state index is -1.10. The number of methoxy groups -OCH3 is 1. The van der Waals surface area contributed by atoms with Gasteiger partial charge in [0.05, 0.1) is 6.10 Å². The number of hydrogen-bond acceptors (Lipinski definition) is 3. The van der Waals surface area contributed by atoms with Crippen molar-refractivity contribution in [3.63, 3.8) is 0 Å². The van der Waals surface area contributed by atoms with Gasteiger partial charge in [0.15, 0.2) is 6.10 Å². The quantitative estimate of drug-likeness (QED) is 0.783. The average molecular weight is 237 g/mol. The highest BCUT2D eigenvalue weighted by atomic mass is 16.5. The molecule has 0 heterocycles. The first-order chi connectivity index (χ1) is 8.15.